The van der Waals surface area contributed by atoms with Gasteiger partial charge in [-0.25, -0.2) is 0 Å². The molecule has 0 bridgehead atoms. The Labute approximate surface area is 151 Å². The molecular weight excluding hydrogens is 338 g/mol. The average molecular weight is 361 g/mol. The highest BCUT2D eigenvalue weighted by molar-refractivity contribution is 8.15. The molecule has 2 saturated heterocycles. The van der Waals surface area contributed by atoms with Gasteiger partial charge in [-0.3, -0.25) is 14.6 Å². The van der Waals surface area contributed by atoms with Gasteiger partial charge < -0.3 is 15.4 Å². The number of carbonyl (C=O) groups is 2. The number of hydrogen-bond donors (Lipinski definition) is 2. The molecule has 25 heavy (non-hydrogen) atoms. The SMILES string of the molecule is O=C(C[C@H]1SC(=NC[C@H]2CCCO2)NC1=O)NCCc1ccccc1. The standard InChI is InChI=1S/C18H23N3O3S/c22-16(19-9-8-13-5-2-1-3-6-13)11-15-17(23)21-18(25-15)20-12-14-7-4-10-24-14/h1-3,5-6,14-15H,4,7-12H2,(H,19,22)(H,20,21,23)/t14-,15-/m1/s1. The molecule has 2 aliphatic heterocycles. The molecule has 2 N–H and O–H groups in total. The molecular formula is C18H23N3O3S. The summed E-state index contributed by atoms with van der Waals surface area (Å²) in [6.07, 6.45) is 3.20. The van der Waals surface area contributed by atoms with Crippen LogP contribution in [-0.4, -0.2) is 48.0 Å². The molecule has 134 valence electrons. The Morgan fingerprint density at radius 1 is 1.36 bits per heavy atom. The smallest absolute Gasteiger partial charge is 0.240 e. The van der Waals surface area contributed by atoms with Gasteiger partial charge in [-0.05, 0) is 24.8 Å². The largest absolute Gasteiger partial charge is 0.376 e. The van der Waals surface area contributed by atoms with Crippen molar-refractivity contribution in [3.63, 3.8) is 0 Å². The second-order valence-corrected chi connectivity index (χ2v) is 7.36. The minimum absolute atomic E-state index is 0.107. The molecule has 2 heterocycles. The third-order valence-corrected chi connectivity index (χ3v) is 5.31. The van der Waals surface area contributed by atoms with Gasteiger partial charge in [-0.2, -0.15) is 0 Å². The number of nitrogens with zero attached hydrogens (tertiary/aromatic N) is 1. The van der Waals surface area contributed by atoms with E-state index in [-0.39, 0.29) is 24.3 Å². The molecule has 0 aromatic heterocycles. The number of amidine groups is 1. The van der Waals surface area contributed by atoms with Crippen LogP contribution >= 0.6 is 11.8 Å². The van der Waals surface area contributed by atoms with Gasteiger partial charge in [-0.15, -0.1) is 0 Å². The maximum atomic E-state index is 12.0. The van der Waals surface area contributed by atoms with Crippen LogP contribution in [0.1, 0.15) is 24.8 Å². The van der Waals surface area contributed by atoms with Crippen molar-refractivity contribution in [2.75, 3.05) is 19.7 Å². The van der Waals surface area contributed by atoms with E-state index in [1.807, 2.05) is 30.3 Å². The summed E-state index contributed by atoms with van der Waals surface area (Å²) in [6.45, 7) is 1.93. The van der Waals surface area contributed by atoms with E-state index in [4.69, 9.17) is 4.74 Å². The van der Waals surface area contributed by atoms with Crippen molar-refractivity contribution in [2.24, 2.45) is 4.99 Å². The molecule has 0 aliphatic carbocycles. The lowest BCUT2D eigenvalue weighted by Gasteiger charge is -2.07. The van der Waals surface area contributed by atoms with Gasteiger partial charge >= 0.3 is 0 Å². The van der Waals surface area contributed by atoms with Crippen molar-refractivity contribution in [3.05, 3.63) is 35.9 Å². The summed E-state index contributed by atoms with van der Waals surface area (Å²) < 4.78 is 5.52. The van der Waals surface area contributed by atoms with E-state index in [2.05, 4.69) is 15.6 Å². The molecule has 2 aliphatic rings. The minimum Gasteiger partial charge on any atom is -0.376 e. The minimum atomic E-state index is -0.403. The molecule has 0 radical (unpaired) electrons. The van der Waals surface area contributed by atoms with Crippen LogP contribution in [0.5, 0.6) is 0 Å². The monoisotopic (exact) mass is 361 g/mol. The Bertz CT molecular complexity index is 630. The van der Waals surface area contributed by atoms with E-state index >= 15 is 0 Å². The van der Waals surface area contributed by atoms with Crippen LogP contribution in [-0.2, 0) is 20.7 Å². The van der Waals surface area contributed by atoms with Crippen molar-refractivity contribution < 1.29 is 14.3 Å². The Balaban J connectivity index is 1.39. The fraction of sp³-hybridized carbons (Fsp3) is 0.500. The van der Waals surface area contributed by atoms with Crippen LogP contribution in [0.25, 0.3) is 0 Å². The number of rotatable bonds is 7. The normalized spacial score (nSPS) is 24.5. The second kappa shape index (κ2) is 9.01. The Morgan fingerprint density at radius 3 is 2.96 bits per heavy atom. The molecule has 2 atom stereocenters. The lowest BCUT2D eigenvalue weighted by molar-refractivity contribution is -0.125. The van der Waals surface area contributed by atoms with Gasteiger partial charge in [0.1, 0.15) is 5.25 Å². The zero-order chi connectivity index (χ0) is 17.5. The molecule has 7 heteroatoms. The predicted octanol–water partition coefficient (Wildman–Crippen LogP) is 1.50. The van der Waals surface area contributed by atoms with E-state index in [9.17, 15) is 9.59 Å². The summed E-state index contributed by atoms with van der Waals surface area (Å²) in [5.41, 5.74) is 1.18. The number of aliphatic imine (C=N–C) groups is 1. The maximum Gasteiger partial charge on any atom is 0.240 e. The zero-order valence-electron chi connectivity index (χ0n) is 14.1. The first kappa shape index (κ1) is 17.9. The third kappa shape index (κ3) is 5.57. The van der Waals surface area contributed by atoms with E-state index in [0.29, 0.717) is 18.3 Å². The first-order valence-electron chi connectivity index (χ1n) is 8.65. The molecule has 2 fully saturated rings. The van der Waals surface area contributed by atoms with Crippen LogP contribution in [0.3, 0.4) is 0 Å². The fourth-order valence-electron chi connectivity index (χ4n) is 2.82. The molecule has 3 rings (SSSR count). The van der Waals surface area contributed by atoms with Gasteiger partial charge in [0.2, 0.25) is 11.8 Å². The van der Waals surface area contributed by atoms with Crippen molar-refractivity contribution in [1.82, 2.24) is 10.6 Å². The van der Waals surface area contributed by atoms with Crippen molar-refractivity contribution in [3.8, 4) is 0 Å². The van der Waals surface area contributed by atoms with E-state index < -0.39 is 5.25 Å². The summed E-state index contributed by atoms with van der Waals surface area (Å²) in [4.78, 5) is 28.4. The van der Waals surface area contributed by atoms with Crippen molar-refractivity contribution in [1.29, 1.82) is 0 Å². The Morgan fingerprint density at radius 2 is 2.20 bits per heavy atom. The molecule has 6 nitrogen and oxygen atoms in total. The molecule has 2 amide bonds. The zero-order valence-corrected chi connectivity index (χ0v) is 14.9. The summed E-state index contributed by atoms with van der Waals surface area (Å²) in [5, 5.41) is 5.83. The predicted molar refractivity (Wildman–Crippen MR) is 98.6 cm³/mol. The van der Waals surface area contributed by atoms with Gasteiger partial charge in [0.25, 0.3) is 0 Å². The molecule has 0 unspecified atom stereocenters. The molecule has 0 saturated carbocycles. The highest BCUT2D eigenvalue weighted by Crippen LogP contribution is 2.23. The first-order valence-corrected chi connectivity index (χ1v) is 9.53. The first-order chi connectivity index (χ1) is 12.2. The highest BCUT2D eigenvalue weighted by atomic mass is 32.2. The number of benzene rings is 1. The van der Waals surface area contributed by atoms with Gasteiger partial charge in [0, 0.05) is 19.6 Å². The lowest BCUT2D eigenvalue weighted by atomic mass is 10.1. The number of thioether (sulfide) groups is 1. The summed E-state index contributed by atoms with van der Waals surface area (Å²) >= 11 is 1.33. The lowest BCUT2D eigenvalue weighted by Crippen LogP contribution is -2.32. The van der Waals surface area contributed by atoms with Crippen molar-refractivity contribution in [2.45, 2.75) is 37.0 Å². The number of hydrogen-bond acceptors (Lipinski definition) is 5. The summed E-state index contributed by atoms with van der Waals surface area (Å²) in [5.74, 6) is -0.252. The van der Waals surface area contributed by atoms with Crippen LogP contribution in [0, 0.1) is 0 Å². The van der Waals surface area contributed by atoms with Gasteiger partial charge in [0.05, 0.1) is 12.6 Å². The summed E-state index contributed by atoms with van der Waals surface area (Å²) in [7, 11) is 0. The van der Waals surface area contributed by atoms with Crippen LogP contribution in [0.2, 0.25) is 0 Å². The highest BCUT2D eigenvalue weighted by Gasteiger charge is 2.32. The van der Waals surface area contributed by atoms with E-state index in [1.54, 1.807) is 0 Å². The third-order valence-electron chi connectivity index (χ3n) is 4.19. The van der Waals surface area contributed by atoms with Gasteiger partial charge in [-0.1, -0.05) is 42.1 Å². The summed E-state index contributed by atoms with van der Waals surface area (Å²) in [6, 6.07) is 9.99. The average Bonchev–Trinajstić information content (AvgIpc) is 3.24. The number of amides is 2. The van der Waals surface area contributed by atoms with Crippen LogP contribution in [0.4, 0.5) is 0 Å². The molecule has 0 spiro atoms. The maximum absolute atomic E-state index is 12.0. The van der Waals surface area contributed by atoms with Gasteiger partial charge in [0.15, 0.2) is 5.17 Å². The van der Waals surface area contributed by atoms with Crippen LogP contribution in [0.15, 0.2) is 35.3 Å². The number of carbonyl (C=O) groups excluding carboxylic acids is 2. The number of nitrogens with one attached hydrogen (secondary N) is 2. The number of ether oxygens (including phenoxy) is 1. The topological polar surface area (TPSA) is 79.8 Å². The second-order valence-electron chi connectivity index (χ2n) is 6.17. The fourth-order valence-corrected chi connectivity index (χ4v) is 3.80. The quantitative estimate of drug-likeness (QED) is 0.771. The van der Waals surface area contributed by atoms with Crippen molar-refractivity contribution >= 4 is 28.7 Å². The molecule has 1 aromatic rings. The van der Waals surface area contributed by atoms with E-state index in [1.165, 1.54) is 17.3 Å². The molecule has 1 aromatic carbocycles. The van der Waals surface area contributed by atoms with E-state index in [0.717, 1.165) is 25.9 Å². The van der Waals surface area contributed by atoms with Crippen LogP contribution < -0.4 is 10.6 Å². The Kier molecular flexibility index (Phi) is 6.47. The Hall–Kier alpha value is -1.86.